The second-order valence-corrected chi connectivity index (χ2v) is 3.11. The SMILES string of the molecule is O=[N+]([O-])c1cc(C(F)F)c(C(F)(F)F)c(CO)n1. The molecule has 0 saturated carbocycles. The number of alkyl halides is 5. The quantitative estimate of drug-likeness (QED) is 0.521. The fourth-order valence-corrected chi connectivity index (χ4v) is 1.31. The number of hydrogen-bond acceptors (Lipinski definition) is 4. The first-order valence-electron chi connectivity index (χ1n) is 4.33. The van der Waals surface area contributed by atoms with E-state index in [4.69, 9.17) is 5.11 Å². The highest BCUT2D eigenvalue weighted by molar-refractivity contribution is 5.40. The van der Waals surface area contributed by atoms with Gasteiger partial charge < -0.3 is 15.2 Å². The van der Waals surface area contributed by atoms with Gasteiger partial charge >= 0.3 is 12.0 Å². The Hall–Kier alpha value is -1.84. The van der Waals surface area contributed by atoms with Crippen molar-refractivity contribution in [3.63, 3.8) is 0 Å². The first-order chi connectivity index (χ1) is 8.18. The van der Waals surface area contributed by atoms with Gasteiger partial charge in [-0.1, -0.05) is 0 Å². The molecular weight excluding hydrogens is 267 g/mol. The van der Waals surface area contributed by atoms with Crippen molar-refractivity contribution in [1.29, 1.82) is 0 Å². The van der Waals surface area contributed by atoms with Gasteiger partial charge in [-0.3, -0.25) is 0 Å². The molecule has 0 aliphatic carbocycles. The van der Waals surface area contributed by atoms with Crippen LogP contribution in [0.5, 0.6) is 0 Å². The molecule has 0 saturated heterocycles. The van der Waals surface area contributed by atoms with E-state index in [0.717, 1.165) is 0 Å². The third-order valence-electron chi connectivity index (χ3n) is 1.97. The summed E-state index contributed by atoms with van der Waals surface area (Å²) in [7, 11) is 0. The minimum absolute atomic E-state index is 0.0483. The Morgan fingerprint density at radius 2 is 2.00 bits per heavy atom. The van der Waals surface area contributed by atoms with Crippen LogP contribution in [0.4, 0.5) is 27.8 Å². The Kier molecular flexibility index (Phi) is 3.79. The van der Waals surface area contributed by atoms with Gasteiger partial charge in [-0.05, 0) is 9.91 Å². The summed E-state index contributed by atoms with van der Waals surface area (Å²) < 4.78 is 62.6. The molecule has 0 unspecified atom stereocenters. The fourth-order valence-electron chi connectivity index (χ4n) is 1.31. The highest BCUT2D eigenvalue weighted by atomic mass is 19.4. The van der Waals surface area contributed by atoms with Crippen molar-refractivity contribution in [3.05, 3.63) is 33.0 Å². The van der Waals surface area contributed by atoms with Crippen molar-refractivity contribution in [1.82, 2.24) is 4.98 Å². The number of nitro groups is 1. The highest BCUT2D eigenvalue weighted by Crippen LogP contribution is 2.39. The number of pyridine rings is 1. The summed E-state index contributed by atoms with van der Waals surface area (Å²) in [6.07, 6.45) is -8.76. The molecule has 1 aromatic heterocycles. The van der Waals surface area contributed by atoms with E-state index in [1.54, 1.807) is 0 Å². The number of nitrogens with zero attached hydrogens (tertiary/aromatic N) is 2. The first-order valence-corrected chi connectivity index (χ1v) is 4.33. The van der Waals surface area contributed by atoms with E-state index in [-0.39, 0.29) is 6.07 Å². The Morgan fingerprint density at radius 1 is 1.44 bits per heavy atom. The number of rotatable bonds is 3. The van der Waals surface area contributed by atoms with E-state index in [0.29, 0.717) is 0 Å². The van der Waals surface area contributed by atoms with Gasteiger partial charge in [0.2, 0.25) is 0 Å². The lowest BCUT2D eigenvalue weighted by molar-refractivity contribution is -0.389. The average molecular weight is 272 g/mol. The molecule has 100 valence electrons. The van der Waals surface area contributed by atoms with Gasteiger partial charge in [0.1, 0.15) is 12.2 Å². The molecule has 10 heteroatoms. The van der Waals surface area contributed by atoms with E-state index in [9.17, 15) is 32.1 Å². The van der Waals surface area contributed by atoms with Gasteiger partial charge in [-0.25, -0.2) is 8.78 Å². The molecule has 0 atom stereocenters. The van der Waals surface area contributed by atoms with Gasteiger partial charge in [0.25, 0.3) is 6.43 Å². The van der Waals surface area contributed by atoms with Crippen molar-refractivity contribution in [2.75, 3.05) is 0 Å². The Balaban J connectivity index is 3.62. The van der Waals surface area contributed by atoms with E-state index >= 15 is 0 Å². The van der Waals surface area contributed by atoms with Crippen molar-refractivity contribution in [2.24, 2.45) is 0 Å². The topological polar surface area (TPSA) is 76.3 Å². The lowest BCUT2D eigenvalue weighted by Gasteiger charge is -2.13. The molecule has 1 aromatic rings. The van der Waals surface area contributed by atoms with Gasteiger partial charge in [-0.2, -0.15) is 13.2 Å². The molecule has 18 heavy (non-hydrogen) atoms. The van der Waals surface area contributed by atoms with E-state index in [1.807, 2.05) is 0 Å². The van der Waals surface area contributed by atoms with Crippen LogP contribution < -0.4 is 0 Å². The number of hydrogen-bond donors (Lipinski definition) is 1. The monoisotopic (exact) mass is 272 g/mol. The largest absolute Gasteiger partial charge is 0.420 e. The van der Waals surface area contributed by atoms with Gasteiger partial charge in [0.15, 0.2) is 5.69 Å². The third-order valence-corrected chi connectivity index (χ3v) is 1.97. The molecule has 0 aromatic carbocycles. The Morgan fingerprint density at radius 3 is 2.33 bits per heavy atom. The predicted octanol–water partition coefficient (Wildman–Crippen LogP) is 2.44. The molecule has 0 fully saturated rings. The number of aliphatic hydroxyl groups excluding tert-OH is 1. The zero-order chi connectivity index (χ0) is 14.1. The normalized spacial score (nSPS) is 11.9. The van der Waals surface area contributed by atoms with Crippen molar-refractivity contribution in [3.8, 4) is 0 Å². The molecule has 1 N–H and O–H groups in total. The summed E-state index contributed by atoms with van der Waals surface area (Å²) >= 11 is 0. The minimum Gasteiger partial charge on any atom is -0.388 e. The molecule has 1 rings (SSSR count). The predicted molar refractivity (Wildman–Crippen MR) is 46.8 cm³/mol. The number of halogens is 5. The van der Waals surface area contributed by atoms with E-state index in [1.165, 1.54) is 0 Å². The molecule has 0 radical (unpaired) electrons. The molecule has 0 spiro atoms. The lowest BCUT2D eigenvalue weighted by atomic mass is 10.1. The summed E-state index contributed by atoms with van der Waals surface area (Å²) in [4.78, 5) is 12.0. The second-order valence-electron chi connectivity index (χ2n) is 3.11. The second kappa shape index (κ2) is 4.80. The molecule has 5 nitrogen and oxygen atoms in total. The van der Waals surface area contributed by atoms with Crippen LogP contribution in [-0.2, 0) is 12.8 Å². The van der Waals surface area contributed by atoms with Crippen LogP contribution >= 0.6 is 0 Å². The number of aliphatic hydroxyl groups is 1. The van der Waals surface area contributed by atoms with Crippen LogP contribution in [0, 0.1) is 10.1 Å². The molecule has 1 heterocycles. The standard InChI is InChI=1S/C8H5F5N2O3/c9-7(10)3-1-5(15(17)18)14-4(2-16)6(3)8(11,12)13/h1,7,16H,2H2. The summed E-state index contributed by atoms with van der Waals surface area (Å²) in [6.45, 7) is -1.34. The zero-order valence-corrected chi connectivity index (χ0v) is 8.41. The van der Waals surface area contributed by atoms with Crippen LogP contribution in [0.1, 0.15) is 23.2 Å². The number of aromatic nitrogens is 1. The van der Waals surface area contributed by atoms with E-state index in [2.05, 4.69) is 4.98 Å². The van der Waals surface area contributed by atoms with Crippen LogP contribution in [0.3, 0.4) is 0 Å². The first kappa shape index (κ1) is 14.2. The Labute approximate surface area is 96.0 Å². The van der Waals surface area contributed by atoms with E-state index < -0.39 is 46.8 Å². The van der Waals surface area contributed by atoms with Crippen molar-refractivity contribution >= 4 is 5.82 Å². The van der Waals surface area contributed by atoms with Crippen LogP contribution in [0.15, 0.2) is 6.07 Å². The average Bonchev–Trinajstić information content (AvgIpc) is 2.25. The highest BCUT2D eigenvalue weighted by Gasteiger charge is 2.42. The molecular formula is C8H5F5N2O3. The van der Waals surface area contributed by atoms with Crippen LogP contribution in [0.2, 0.25) is 0 Å². The van der Waals surface area contributed by atoms with Crippen molar-refractivity contribution in [2.45, 2.75) is 19.2 Å². The molecule has 0 aliphatic heterocycles. The lowest BCUT2D eigenvalue weighted by Crippen LogP contribution is -2.16. The Bertz CT molecular complexity index is 475. The maximum absolute atomic E-state index is 12.5. The van der Waals surface area contributed by atoms with Crippen LogP contribution in [0.25, 0.3) is 0 Å². The maximum atomic E-state index is 12.5. The third kappa shape index (κ3) is 2.70. The van der Waals surface area contributed by atoms with Gasteiger partial charge in [-0.15, -0.1) is 0 Å². The summed E-state index contributed by atoms with van der Waals surface area (Å²) in [5.74, 6) is -1.18. The minimum atomic E-state index is -5.19. The van der Waals surface area contributed by atoms with Gasteiger partial charge in [0, 0.05) is 11.6 Å². The molecule has 0 aliphatic rings. The maximum Gasteiger partial charge on any atom is 0.420 e. The molecule has 0 bridgehead atoms. The van der Waals surface area contributed by atoms with Crippen molar-refractivity contribution < 1.29 is 32.0 Å². The molecule has 0 amide bonds. The summed E-state index contributed by atoms with van der Waals surface area (Å²) in [6, 6.07) is 0.0483. The zero-order valence-electron chi connectivity index (χ0n) is 8.41. The smallest absolute Gasteiger partial charge is 0.388 e. The fraction of sp³-hybridized carbons (Fsp3) is 0.375. The summed E-state index contributed by atoms with van der Waals surface area (Å²) in [5, 5.41) is 19.0. The van der Waals surface area contributed by atoms with Gasteiger partial charge in [0.05, 0.1) is 0 Å². The van der Waals surface area contributed by atoms with Crippen LogP contribution in [-0.4, -0.2) is 15.0 Å². The summed E-state index contributed by atoms with van der Waals surface area (Å²) in [5.41, 5.74) is -4.62.